The maximum atomic E-state index is 12.1. The first kappa shape index (κ1) is 16.5. The lowest BCUT2D eigenvalue weighted by Gasteiger charge is -2.07. The number of ether oxygens (including phenoxy) is 1. The highest BCUT2D eigenvalue weighted by atomic mass is 16.5. The van der Waals surface area contributed by atoms with E-state index >= 15 is 0 Å². The number of rotatable bonds is 6. The van der Waals surface area contributed by atoms with Crippen molar-refractivity contribution in [3.05, 3.63) is 59.2 Å². The lowest BCUT2D eigenvalue weighted by Crippen LogP contribution is -2.29. The van der Waals surface area contributed by atoms with Crippen molar-refractivity contribution >= 4 is 5.91 Å². The summed E-state index contributed by atoms with van der Waals surface area (Å²) in [6.45, 7) is 2.51. The fourth-order valence-corrected chi connectivity index (χ4v) is 2.02. The van der Waals surface area contributed by atoms with E-state index in [0.717, 1.165) is 11.3 Å². The molecule has 120 valence electrons. The topological polar surface area (TPSA) is 73.2 Å². The number of nitrogens with one attached hydrogen (secondary N) is 1. The molecule has 1 heterocycles. The number of carbonyl (C=O) groups excluding carboxylic acids is 1. The van der Waals surface area contributed by atoms with Gasteiger partial charge in [-0.3, -0.25) is 14.2 Å². The summed E-state index contributed by atoms with van der Waals surface area (Å²) in [6, 6.07) is 8.82. The molecule has 1 aromatic heterocycles. The molecule has 6 nitrogen and oxygen atoms in total. The Hall–Kier alpha value is -2.89. The van der Waals surface area contributed by atoms with Gasteiger partial charge in [-0.05, 0) is 37.3 Å². The smallest absolute Gasteiger partial charge is 0.253 e. The van der Waals surface area contributed by atoms with Gasteiger partial charge >= 0.3 is 0 Å². The minimum Gasteiger partial charge on any atom is -0.497 e. The molecule has 0 aliphatic heterocycles. The summed E-state index contributed by atoms with van der Waals surface area (Å²) in [5.41, 5.74) is 1.29. The molecule has 0 bridgehead atoms. The molecule has 0 aliphatic carbocycles. The Kier molecular flexibility index (Phi) is 5.68. The Morgan fingerprint density at radius 1 is 1.35 bits per heavy atom. The minimum atomic E-state index is -0.177. The number of nitrogens with zero attached hydrogens (tertiary/aromatic N) is 2. The first-order valence-electron chi connectivity index (χ1n) is 7.25. The first-order chi connectivity index (χ1) is 11.1. The van der Waals surface area contributed by atoms with Crippen molar-refractivity contribution in [3.8, 4) is 17.0 Å². The fraction of sp³-hybridized carbons (Fsp3) is 0.235. The van der Waals surface area contributed by atoms with E-state index in [4.69, 9.17) is 4.74 Å². The van der Waals surface area contributed by atoms with Crippen LogP contribution in [0.2, 0.25) is 0 Å². The molecule has 1 N–H and O–H groups in total. The second-order valence-corrected chi connectivity index (χ2v) is 4.83. The van der Waals surface area contributed by atoms with Gasteiger partial charge in [-0.2, -0.15) is 0 Å². The molecule has 1 aromatic carbocycles. The summed E-state index contributed by atoms with van der Waals surface area (Å²) in [6.07, 6.45) is 4.59. The zero-order chi connectivity index (χ0) is 16.7. The van der Waals surface area contributed by atoms with Crippen LogP contribution in [0.5, 0.6) is 5.75 Å². The van der Waals surface area contributed by atoms with Crippen molar-refractivity contribution in [1.82, 2.24) is 14.9 Å². The molecule has 0 fully saturated rings. The number of hydrogen-bond acceptors (Lipinski definition) is 4. The number of amides is 1. The van der Waals surface area contributed by atoms with Gasteiger partial charge in [-0.15, -0.1) is 0 Å². The average Bonchev–Trinajstić information content (AvgIpc) is 2.56. The summed E-state index contributed by atoms with van der Waals surface area (Å²) in [5, 5.41) is 2.69. The quantitative estimate of drug-likeness (QED) is 0.822. The predicted molar refractivity (Wildman–Crippen MR) is 88.3 cm³/mol. The highest BCUT2D eigenvalue weighted by Crippen LogP contribution is 2.18. The van der Waals surface area contributed by atoms with Gasteiger partial charge in [0.05, 0.1) is 19.1 Å². The molecule has 0 aliphatic rings. The number of carbonyl (C=O) groups is 1. The summed E-state index contributed by atoms with van der Waals surface area (Å²) < 4.78 is 6.56. The Bertz CT molecular complexity index is 748. The van der Waals surface area contributed by atoms with Crippen molar-refractivity contribution < 1.29 is 9.53 Å². The van der Waals surface area contributed by atoms with E-state index in [-0.39, 0.29) is 11.5 Å². The van der Waals surface area contributed by atoms with Gasteiger partial charge in [0.2, 0.25) is 5.91 Å². The summed E-state index contributed by atoms with van der Waals surface area (Å²) in [5.74, 6) is 0.572. The Morgan fingerprint density at radius 2 is 2.09 bits per heavy atom. The third kappa shape index (κ3) is 4.54. The van der Waals surface area contributed by atoms with Gasteiger partial charge < -0.3 is 10.1 Å². The number of hydrogen-bond donors (Lipinski definition) is 1. The number of aromatic nitrogens is 2. The van der Waals surface area contributed by atoms with Gasteiger partial charge in [0, 0.05) is 24.7 Å². The van der Waals surface area contributed by atoms with E-state index in [0.29, 0.717) is 18.8 Å². The van der Waals surface area contributed by atoms with Crippen LogP contribution in [0.4, 0.5) is 0 Å². The van der Waals surface area contributed by atoms with Crippen molar-refractivity contribution in [2.75, 3.05) is 13.7 Å². The molecule has 0 unspecified atom stereocenters. The van der Waals surface area contributed by atoms with Gasteiger partial charge in [0.1, 0.15) is 5.75 Å². The fourth-order valence-electron chi connectivity index (χ4n) is 2.02. The number of methoxy groups -OCH3 is 1. The number of allylic oxidation sites excluding steroid dienone is 1. The molecule has 0 saturated carbocycles. The lowest BCUT2D eigenvalue weighted by atomic mass is 10.1. The van der Waals surface area contributed by atoms with Crippen molar-refractivity contribution in [2.45, 2.75) is 13.5 Å². The van der Waals surface area contributed by atoms with E-state index in [2.05, 4.69) is 10.3 Å². The molecule has 2 rings (SSSR count). The minimum absolute atomic E-state index is 0.161. The third-order valence-electron chi connectivity index (χ3n) is 3.24. The van der Waals surface area contributed by atoms with Crippen LogP contribution in [0.1, 0.15) is 6.92 Å². The van der Waals surface area contributed by atoms with E-state index in [1.165, 1.54) is 23.0 Å². The lowest BCUT2D eigenvalue weighted by molar-refractivity contribution is -0.116. The van der Waals surface area contributed by atoms with Crippen molar-refractivity contribution in [2.24, 2.45) is 0 Å². The zero-order valence-corrected chi connectivity index (χ0v) is 13.2. The second kappa shape index (κ2) is 7.93. The van der Waals surface area contributed by atoms with Gasteiger partial charge in [0.25, 0.3) is 5.56 Å². The van der Waals surface area contributed by atoms with Gasteiger partial charge in [-0.25, -0.2) is 4.98 Å². The molecular weight excluding hydrogens is 294 g/mol. The molecule has 1 amide bonds. The van der Waals surface area contributed by atoms with E-state index in [1.807, 2.05) is 24.3 Å². The van der Waals surface area contributed by atoms with Gasteiger partial charge in [0.15, 0.2) is 0 Å². The second-order valence-electron chi connectivity index (χ2n) is 4.83. The van der Waals surface area contributed by atoms with Crippen LogP contribution in [0.15, 0.2) is 53.6 Å². The van der Waals surface area contributed by atoms with Crippen LogP contribution in [-0.4, -0.2) is 29.1 Å². The molecule has 23 heavy (non-hydrogen) atoms. The Labute approximate surface area is 134 Å². The van der Waals surface area contributed by atoms with Crippen LogP contribution in [0.3, 0.4) is 0 Å². The summed E-state index contributed by atoms with van der Waals surface area (Å²) in [7, 11) is 1.60. The Morgan fingerprint density at radius 3 is 2.70 bits per heavy atom. The molecule has 2 aromatic rings. The molecule has 0 radical (unpaired) electrons. The average molecular weight is 313 g/mol. The van der Waals surface area contributed by atoms with Crippen LogP contribution in [0.25, 0.3) is 11.3 Å². The summed E-state index contributed by atoms with van der Waals surface area (Å²) in [4.78, 5) is 27.7. The van der Waals surface area contributed by atoms with Crippen LogP contribution >= 0.6 is 0 Å². The number of benzene rings is 1. The normalized spacial score (nSPS) is 10.7. The van der Waals surface area contributed by atoms with Crippen LogP contribution in [-0.2, 0) is 11.3 Å². The predicted octanol–water partition coefficient (Wildman–Crippen LogP) is 1.61. The SMILES string of the molecule is C/C=C/C(=O)NCCn1cnc(-c2ccc(OC)cc2)cc1=O. The molecule has 0 atom stereocenters. The third-order valence-corrected chi connectivity index (χ3v) is 3.24. The van der Waals surface area contributed by atoms with E-state index < -0.39 is 0 Å². The van der Waals surface area contributed by atoms with Crippen LogP contribution < -0.4 is 15.6 Å². The van der Waals surface area contributed by atoms with E-state index in [1.54, 1.807) is 20.1 Å². The maximum absolute atomic E-state index is 12.1. The van der Waals surface area contributed by atoms with Crippen molar-refractivity contribution in [1.29, 1.82) is 0 Å². The standard InChI is InChI=1S/C17H19N3O3/c1-3-4-16(21)18-9-10-20-12-19-15(11-17(20)22)13-5-7-14(23-2)8-6-13/h3-8,11-12H,9-10H2,1-2H3,(H,18,21)/b4-3+. The monoisotopic (exact) mass is 313 g/mol. The molecular formula is C17H19N3O3. The van der Waals surface area contributed by atoms with Gasteiger partial charge in [-0.1, -0.05) is 6.08 Å². The molecule has 0 saturated heterocycles. The van der Waals surface area contributed by atoms with Crippen LogP contribution in [0, 0.1) is 0 Å². The highest BCUT2D eigenvalue weighted by Gasteiger charge is 2.04. The molecule has 0 spiro atoms. The highest BCUT2D eigenvalue weighted by molar-refractivity contribution is 5.87. The molecule has 6 heteroatoms. The van der Waals surface area contributed by atoms with Crippen molar-refractivity contribution in [3.63, 3.8) is 0 Å². The maximum Gasteiger partial charge on any atom is 0.253 e. The summed E-state index contributed by atoms with van der Waals surface area (Å²) >= 11 is 0. The largest absolute Gasteiger partial charge is 0.497 e. The Balaban J connectivity index is 2.05. The first-order valence-corrected chi connectivity index (χ1v) is 7.25. The van der Waals surface area contributed by atoms with E-state index in [9.17, 15) is 9.59 Å². The zero-order valence-electron chi connectivity index (χ0n) is 13.2.